The molecule has 1 N–H and O–H groups in total. The molecule has 4 rings (SSSR count). The molecule has 0 aliphatic carbocycles. The van der Waals surface area contributed by atoms with Crippen LogP contribution in [0, 0.1) is 0 Å². The number of likely N-dealkylation sites (tertiary alicyclic amines) is 1. The fourth-order valence-corrected chi connectivity index (χ4v) is 4.15. The number of aromatic nitrogens is 2. The number of rotatable bonds is 10. The maximum Gasteiger partial charge on any atom is 0.331 e. The van der Waals surface area contributed by atoms with Crippen molar-refractivity contribution in [2.75, 3.05) is 45.2 Å². The number of nitrogens with zero attached hydrogens (tertiary/aromatic N) is 3. The first kappa shape index (κ1) is 26.6. The van der Waals surface area contributed by atoms with E-state index in [1.807, 2.05) is 50.4 Å². The standard InChI is InChI=1S/C26H32N4O3.C2H6/c1-32-26(31)19-33-18-20-6-8-21(9-7-20)24-16-25(22-17-27-12-10-23(22)29-24)28-11-5-15-30-13-3-2-4-14-30;1-2/h6-10,12,16-17H,2-5,11,13-15,18-19H2,1H3,(H,28,29);1-2H3. The van der Waals surface area contributed by atoms with Crippen LogP contribution in [0.15, 0.2) is 48.8 Å². The molecule has 1 aliphatic heterocycles. The monoisotopic (exact) mass is 478 g/mol. The van der Waals surface area contributed by atoms with E-state index in [1.165, 1.54) is 39.5 Å². The summed E-state index contributed by atoms with van der Waals surface area (Å²) in [6.45, 7) is 8.83. The Balaban J connectivity index is 0.00000167. The van der Waals surface area contributed by atoms with Crippen LogP contribution in [-0.2, 0) is 20.9 Å². The second-order valence-corrected chi connectivity index (χ2v) is 8.40. The second-order valence-electron chi connectivity index (χ2n) is 8.40. The summed E-state index contributed by atoms with van der Waals surface area (Å²) < 4.78 is 9.98. The first-order valence-electron chi connectivity index (χ1n) is 12.7. The Hall–Kier alpha value is -3.03. The largest absolute Gasteiger partial charge is 0.467 e. The number of fused-ring (bicyclic) bond motifs is 1. The molecule has 0 amide bonds. The predicted molar refractivity (Wildman–Crippen MR) is 141 cm³/mol. The SMILES string of the molecule is CC.COC(=O)COCc1ccc(-c2cc(NCCCN3CCCCC3)c3cnccc3n2)cc1. The molecule has 0 unspecified atom stereocenters. The van der Waals surface area contributed by atoms with Crippen molar-refractivity contribution < 1.29 is 14.3 Å². The number of esters is 1. The molecule has 1 aliphatic rings. The van der Waals surface area contributed by atoms with Crippen molar-refractivity contribution in [2.24, 2.45) is 0 Å². The van der Waals surface area contributed by atoms with Gasteiger partial charge in [0.25, 0.3) is 0 Å². The molecule has 2 aromatic heterocycles. The first-order chi connectivity index (χ1) is 17.2. The summed E-state index contributed by atoms with van der Waals surface area (Å²) in [6.07, 6.45) is 8.79. The molecule has 188 valence electrons. The lowest BCUT2D eigenvalue weighted by Gasteiger charge is -2.26. The molecule has 3 heterocycles. The summed E-state index contributed by atoms with van der Waals surface area (Å²) in [5.41, 5.74) is 4.92. The quantitative estimate of drug-likeness (QED) is 0.313. The average molecular weight is 479 g/mol. The van der Waals surface area contributed by atoms with Gasteiger partial charge in [-0.1, -0.05) is 44.5 Å². The number of benzene rings is 1. The van der Waals surface area contributed by atoms with E-state index >= 15 is 0 Å². The Bertz CT molecular complexity index is 1050. The zero-order valence-corrected chi connectivity index (χ0v) is 21.3. The maximum atomic E-state index is 11.2. The minimum atomic E-state index is -0.377. The van der Waals surface area contributed by atoms with Gasteiger partial charge in [-0.2, -0.15) is 0 Å². The number of pyridine rings is 2. The third kappa shape index (κ3) is 8.01. The van der Waals surface area contributed by atoms with E-state index < -0.39 is 0 Å². The molecular weight excluding hydrogens is 440 g/mol. The Labute approximate surface area is 208 Å². The van der Waals surface area contributed by atoms with Crippen LogP contribution >= 0.6 is 0 Å². The number of anilines is 1. The fourth-order valence-electron chi connectivity index (χ4n) is 4.15. The highest BCUT2D eigenvalue weighted by Crippen LogP contribution is 2.28. The summed E-state index contributed by atoms with van der Waals surface area (Å²) in [4.78, 5) is 22.9. The Morgan fingerprint density at radius 3 is 2.60 bits per heavy atom. The van der Waals surface area contributed by atoms with Crippen LogP contribution < -0.4 is 5.32 Å². The van der Waals surface area contributed by atoms with Gasteiger partial charge < -0.3 is 19.7 Å². The van der Waals surface area contributed by atoms with E-state index in [4.69, 9.17) is 9.72 Å². The van der Waals surface area contributed by atoms with Crippen molar-refractivity contribution in [3.63, 3.8) is 0 Å². The van der Waals surface area contributed by atoms with Crippen molar-refractivity contribution in [3.8, 4) is 11.3 Å². The normalized spacial score (nSPS) is 13.7. The topological polar surface area (TPSA) is 76.6 Å². The molecule has 0 bridgehead atoms. The number of nitrogens with one attached hydrogen (secondary N) is 1. The van der Waals surface area contributed by atoms with Crippen LogP contribution in [-0.4, -0.2) is 60.7 Å². The highest BCUT2D eigenvalue weighted by molar-refractivity contribution is 5.93. The van der Waals surface area contributed by atoms with Crippen LogP contribution in [0.1, 0.15) is 45.1 Å². The van der Waals surface area contributed by atoms with Gasteiger partial charge in [-0.3, -0.25) is 4.98 Å². The van der Waals surface area contributed by atoms with Crippen molar-refractivity contribution in [1.29, 1.82) is 0 Å². The number of methoxy groups -OCH3 is 1. The Kier molecular flexibility index (Phi) is 10.9. The summed E-state index contributed by atoms with van der Waals surface area (Å²) in [7, 11) is 1.35. The molecule has 3 aromatic rings. The Morgan fingerprint density at radius 2 is 1.86 bits per heavy atom. The van der Waals surface area contributed by atoms with Gasteiger partial charge in [0.2, 0.25) is 0 Å². The van der Waals surface area contributed by atoms with Crippen LogP contribution in [0.25, 0.3) is 22.2 Å². The van der Waals surface area contributed by atoms with E-state index in [2.05, 4.69) is 26.0 Å². The predicted octanol–water partition coefficient (Wildman–Crippen LogP) is 5.30. The van der Waals surface area contributed by atoms with Crippen LogP contribution in [0.4, 0.5) is 5.69 Å². The van der Waals surface area contributed by atoms with E-state index in [0.717, 1.165) is 52.9 Å². The summed E-state index contributed by atoms with van der Waals surface area (Å²) in [5.74, 6) is -0.377. The van der Waals surface area contributed by atoms with Gasteiger partial charge in [-0.25, -0.2) is 9.78 Å². The molecule has 0 saturated carbocycles. The van der Waals surface area contributed by atoms with E-state index in [0.29, 0.717) is 6.61 Å². The zero-order valence-electron chi connectivity index (χ0n) is 21.3. The highest BCUT2D eigenvalue weighted by Gasteiger charge is 2.11. The lowest BCUT2D eigenvalue weighted by atomic mass is 10.1. The van der Waals surface area contributed by atoms with E-state index in [-0.39, 0.29) is 12.6 Å². The Morgan fingerprint density at radius 1 is 1.09 bits per heavy atom. The van der Waals surface area contributed by atoms with Crippen molar-refractivity contribution in [1.82, 2.24) is 14.9 Å². The third-order valence-electron chi connectivity index (χ3n) is 5.99. The number of hydrogen-bond donors (Lipinski definition) is 1. The zero-order chi connectivity index (χ0) is 24.9. The van der Waals surface area contributed by atoms with Crippen LogP contribution in [0.5, 0.6) is 0 Å². The van der Waals surface area contributed by atoms with Gasteiger partial charge in [0.05, 0.1) is 24.9 Å². The van der Waals surface area contributed by atoms with Crippen molar-refractivity contribution in [3.05, 3.63) is 54.4 Å². The van der Waals surface area contributed by atoms with Gasteiger partial charge in [0, 0.05) is 35.6 Å². The summed E-state index contributed by atoms with van der Waals surface area (Å²) in [6, 6.07) is 12.1. The molecule has 0 radical (unpaired) electrons. The number of hydrogen-bond acceptors (Lipinski definition) is 7. The maximum absolute atomic E-state index is 11.2. The average Bonchev–Trinajstić information content (AvgIpc) is 2.93. The molecule has 1 saturated heterocycles. The number of piperidine rings is 1. The van der Waals surface area contributed by atoms with Crippen LogP contribution in [0.2, 0.25) is 0 Å². The molecule has 7 heteroatoms. The van der Waals surface area contributed by atoms with Gasteiger partial charge in [0.15, 0.2) is 0 Å². The fraction of sp³-hybridized carbons (Fsp3) is 0.464. The minimum Gasteiger partial charge on any atom is -0.467 e. The number of ether oxygens (including phenoxy) is 2. The van der Waals surface area contributed by atoms with Crippen molar-refractivity contribution >= 4 is 22.6 Å². The van der Waals surface area contributed by atoms with E-state index in [1.54, 1.807) is 6.20 Å². The highest BCUT2D eigenvalue weighted by atomic mass is 16.6. The molecule has 7 nitrogen and oxygen atoms in total. The molecule has 1 aromatic carbocycles. The molecule has 0 atom stereocenters. The smallest absolute Gasteiger partial charge is 0.331 e. The summed E-state index contributed by atoms with van der Waals surface area (Å²) >= 11 is 0. The van der Waals surface area contributed by atoms with Crippen LogP contribution in [0.3, 0.4) is 0 Å². The molecule has 1 fully saturated rings. The minimum absolute atomic E-state index is 0.0503. The lowest BCUT2D eigenvalue weighted by Crippen LogP contribution is -2.31. The molecule has 0 spiro atoms. The van der Waals surface area contributed by atoms with Crippen molar-refractivity contribution in [2.45, 2.75) is 46.1 Å². The van der Waals surface area contributed by atoms with Gasteiger partial charge in [-0.15, -0.1) is 0 Å². The lowest BCUT2D eigenvalue weighted by molar-refractivity contribution is -0.146. The third-order valence-corrected chi connectivity index (χ3v) is 5.99. The van der Waals surface area contributed by atoms with Gasteiger partial charge in [-0.05, 0) is 56.6 Å². The van der Waals surface area contributed by atoms with Gasteiger partial charge in [0.1, 0.15) is 6.61 Å². The van der Waals surface area contributed by atoms with E-state index in [9.17, 15) is 4.79 Å². The number of carbonyl (C=O) groups excluding carboxylic acids is 1. The second kappa shape index (κ2) is 14.4. The van der Waals surface area contributed by atoms with Gasteiger partial charge >= 0.3 is 5.97 Å². The summed E-state index contributed by atoms with van der Waals surface area (Å²) in [5, 5.41) is 4.66. The molecular formula is C28H38N4O3. The first-order valence-corrected chi connectivity index (χ1v) is 12.7. The molecule has 35 heavy (non-hydrogen) atoms. The number of carbonyl (C=O) groups is 1.